The van der Waals surface area contributed by atoms with Crippen LogP contribution in [0.3, 0.4) is 0 Å². The van der Waals surface area contributed by atoms with Crippen molar-refractivity contribution >= 4 is 27.4 Å². The van der Waals surface area contributed by atoms with E-state index < -0.39 is 10.1 Å². The van der Waals surface area contributed by atoms with Crippen molar-refractivity contribution in [3.05, 3.63) is 65.7 Å². The van der Waals surface area contributed by atoms with Crippen molar-refractivity contribution in [3.8, 4) is 0 Å². The van der Waals surface area contributed by atoms with Gasteiger partial charge in [-0.3, -0.25) is 4.28 Å². The van der Waals surface area contributed by atoms with Gasteiger partial charge in [-0.05, 0) is 19.1 Å². The Morgan fingerprint density at radius 2 is 1.71 bits per heavy atom. The average Bonchev–Trinajstić information content (AvgIpc) is 2.49. The van der Waals surface area contributed by atoms with Gasteiger partial charge in [0.15, 0.2) is 0 Å². The van der Waals surface area contributed by atoms with Crippen LogP contribution >= 0.6 is 11.6 Å². The Bertz CT molecular complexity index is 725. The number of oxime groups is 1. The van der Waals surface area contributed by atoms with Crippen molar-refractivity contribution in [1.82, 2.24) is 0 Å². The summed E-state index contributed by atoms with van der Waals surface area (Å²) in [5.41, 5.74) is 2.03. The van der Waals surface area contributed by atoms with E-state index in [9.17, 15) is 8.42 Å². The Morgan fingerprint density at radius 1 is 1.10 bits per heavy atom. The molecule has 0 unspecified atom stereocenters. The summed E-state index contributed by atoms with van der Waals surface area (Å²) in [7, 11) is -3.94. The fraction of sp³-hybridized carbons (Fsp3) is 0.133. The van der Waals surface area contributed by atoms with Gasteiger partial charge in [-0.25, -0.2) is 0 Å². The van der Waals surface area contributed by atoms with Gasteiger partial charge in [0.1, 0.15) is 10.6 Å². The highest BCUT2D eigenvalue weighted by atomic mass is 35.5. The van der Waals surface area contributed by atoms with Crippen LogP contribution in [0.5, 0.6) is 0 Å². The molecule has 21 heavy (non-hydrogen) atoms. The third-order valence-electron chi connectivity index (χ3n) is 2.79. The average molecular weight is 324 g/mol. The number of benzene rings is 2. The van der Waals surface area contributed by atoms with Crippen LogP contribution in [0.4, 0.5) is 0 Å². The maximum absolute atomic E-state index is 12.0. The van der Waals surface area contributed by atoms with E-state index in [1.807, 2.05) is 25.1 Å². The lowest BCUT2D eigenvalue weighted by molar-refractivity contribution is 0.339. The first-order chi connectivity index (χ1) is 10.0. The summed E-state index contributed by atoms with van der Waals surface area (Å²) in [5, 5.41) is 3.68. The van der Waals surface area contributed by atoms with Gasteiger partial charge in [0, 0.05) is 5.56 Å². The van der Waals surface area contributed by atoms with Gasteiger partial charge in [-0.15, -0.1) is 11.6 Å². The molecule has 2 aromatic carbocycles. The molecule has 0 saturated carbocycles. The highest BCUT2D eigenvalue weighted by molar-refractivity contribution is 7.86. The molecule has 0 bridgehead atoms. The predicted molar refractivity (Wildman–Crippen MR) is 83.1 cm³/mol. The Balaban J connectivity index is 2.24. The zero-order chi connectivity index (χ0) is 15.3. The Labute approximate surface area is 129 Å². The molecule has 0 spiro atoms. The fourth-order valence-corrected chi connectivity index (χ4v) is 2.57. The minimum absolute atomic E-state index is 0.0490. The summed E-state index contributed by atoms with van der Waals surface area (Å²) >= 11 is 5.79. The summed E-state index contributed by atoms with van der Waals surface area (Å²) < 4.78 is 28.8. The number of nitrogens with zero attached hydrogens (tertiary/aromatic N) is 1. The maximum Gasteiger partial charge on any atom is 0.358 e. The zero-order valence-corrected chi connectivity index (χ0v) is 12.9. The topological polar surface area (TPSA) is 55.7 Å². The molecule has 2 aromatic rings. The molecule has 110 valence electrons. The number of rotatable bonds is 5. The van der Waals surface area contributed by atoms with E-state index in [-0.39, 0.29) is 10.8 Å². The summed E-state index contributed by atoms with van der Waals surface area (Å²) in [6, 6.07) is 15.4. The summed E-state index contributed by atoms with van der Waals surface area (Å²) in [4.78, 5) is 0.0545. The Kier molecular flexibility index (Phi) is 4.98. The van der Waals surface area contributed by atoms with Crippen LogP contribution in [-0.4, -0.2) is 20.0 Å². The summed E-state index contributed by atoms with van der Waals surface area (Å²) in [6.07, 6.45) is 0. The smallest absolute Gasteiger partial charge is 0.264 e. The second kappa shape index (κ2) is 6.74. The first kappa shape index (κ1) is 15.5. The van der Waals surface area contributed by atoms with Gasteiger partial charge in [0.05, 0.1) is 5.88 Å². The van der Waals surface area contributed by atoms with Gasteiger partial charge in [-0.2, -0.15) is 8.42 Å². The molecule has 2 rings (SSSR count). The zero-order valence-electron chi connectivity index (χ0n) is 11.4. The molecule has 0 N–H and O–H groups in total. The largest absolute Gasteiger partial charge is 0.358 e. The molecule has 4 nitrogen and oxygen atoms in total. The number of hydrogen-bond acceptors (Lipinski definition) is 4. The second-order valence-electron chi connectivity index (χ2n) is 4.38. The van der Waals surface area contributed by atoms with Crippen molar-refractivity contribution in [1.29, 1.82) is 0 Å². The lowest BCUT2D eigenvalue weighted by atomic mass is 10.1. The Morgan fingerprint density at radius 3 is 2.29 bits per heavy atom. The van der Waals surface area contributed by atoms with Crippen molar-refractivity contribution in [2.45, 2.75) is 11.8 Å². The van der Waals surface area contributed by atoms with Crippen LogP contribution in [0.15, 0.2) is 64.6 Å². The normalized spacial score (nSPS) is 12.2. The van der Waals surface area contributed by atoms with Crippen LogP contribution in [0.1, 0.15) is 11.1 Å². The summed E-state index contributed by atoms with van der Waals surface area (Å²) in [6.45, 7) is 1.87. The molecular weight excluding hydrogens is 310 g/mol. The van der Waals surface area contributed by atoms with E-state index in [0.29, 0.717) is 11.3 Å². The third kappa shape index (κ3) is 4.06. The molecule has 0 amide bonds. The highest BCUT2D eigenvalue weighted by Crippen LogP contribution is 2.14. The van der Waals surface area contributed by atoms with Gasteiger partial charge >= 0.3 is 10.1 Å². The van der Waals surface area contributed by atoms with E-state index in [1.54, 1.807) is 24.3 Å². The molecule has 0 atom stereocenters. The molecular formula is C15H14ClNO3S. The molecule has 6 heteroatoms. The maximum atomic E-state index is 12.0. The number of halogens is 1. The lowest BCUT2D eigenvalue weighted by Gasteiger charge is -2.05. The molecule has 0 aliphatic carbocycles. The van der Waals surface area contributed by atoms with Crippen LogP contribution in [0, 0.1) is 6.92 Å². The molecule has 0 radical (unpaired) electrons. The van der Waals surface area contributed by atoms with Crippen LogP contribution in [0.2, 0.25) is 0 Å². The van der Waals surface area contributed by atoms with Crippen molar-refractivity contribution < 1.29 is 12.7 Å². The molecule has 0 saturated heterocycles. The van der Waals surface area contributed by atoms with Gasteiger partial charge < -0.3 is 0 Å². The quantitative estimate of drug-likeness (QED) is 0.482. The lowest BCUT2D eigenvalue weighted by Crippen LogP contribution is -2.08. The van der Waals surface area contributed by atoms with Crippen molar-refractivity contribution in [2.24, 2.45) is 5.16 Å². The van der Waals surface area contributed by atoms with E-state index in [4.69, 9.17) is 15.9 Å². The predicted octanol–water partition coefficient (Wildman–Crippen LogP) is 3.34. The standard InChI is InChI=1S/C15H14ClNO3S/c1-12-7-9-14(10-8-12)21(18,19)20-17-15(11-16)13-5-3-2-4-6-13/h2-10H,11H2,1H3/b17-15+. The van der Waals surface area contributed by atoms with Crippen molar-refractivity contribution in [3.63, 3.8) is 0 Å². The van der Waals surface area contributed by atoms with E-state index in [1.165, 1.54) is 12.1 Å². The molecule has 0 aliphatic rings. The van der Waals surface area contributed by atoms with Gasteiger partial charge in [0.25, 0.3) is 0 Å². The van der Waals surface area contributed by atoms with Crippen LogP contribution in [0.25, 0.3) is 0 Å². The number of aryl methyl sites for hydroxylation is 1. The number of alkyl halides is 1. The van der Waals surface area contributed by atoms with E-state index >= 15 is 0 Å². The van der Waals surface area contributed by atoms with Crippen LogP contribution < -0.4 is 0 Å². The minimum atomic E-state index is -3.94. The SMILES string of the molecule is Cc1ccc(S(=O)(=O)O/N=C(\CCl)c2ccccc2)cc1. The molecule has 0 fully saturated rings. The van der Waals surface area contributed by atoms with E-state index in [2.05, 4.69) is 5.16 Å². The monoisotopic (exact) mass is 323 g/mol. The highest BCUT2D eigenvalue weighted by Gasteiger charge is 2.16. The third-order valence-corrected chi connectivity index (χ3v) is 4.16. The Hall–Kier alpha value is -1.85. The summed E-state index contributed by atoms with van der Waals surface area (Å²) in [5.74, 6) is 0.0490. The molecule has 0 heterocycles. The molecule has 0 aromatic heterocycles. The fourth-order valence-electron chi connectivity index (χ4n) is 1.63. The number of hydrogen-bond donors (Lipinski definition) is 0. The first-order valence-corrected chi connectivity index (χ1v) is 8.16. The van der Waals surface area contributed by atoms with E-state index in [0.717, 1.165) is 5.56 Å². The van der Waals surface area contributed by atoms with Crippen LogP contribution in [-0.2, 0) is 14.4 Å². The van der Waals surface area contributed by atoms with Gasteiger partial charge in [-0.1, -0.05) is 53.2 Å². The first-order valence-electron chi connectivity index (χ1n) is 6.21. The second-order valence-corrected chi connectivity index (χ2v) is 6.18. The minimum Gasteiger partial charge on any atom is -0.264 e. The van der Waals surface area contributed by atoms with Gasteiger partial charge in [0.2, 0.25) is 0 Å². The molecule has 0 aliphatic heterocycles. The van der Waals surface area contributed by atoms with Crippen molar-refractivity contribution in [2.75, 3.05) is 5.88 Å².